The predicted molar refractivity (Wildman–Crippen MR) is 88.4 cm³/mol. The van der Waals surface area contributed by atoms with Crippen LogP contribution in [0.1, 0.15) is 37.3 Å². The summed E-state index contributed by atoms with van der Waals surface area (Å²) in [5.74, 6) is -0.328. The fourth-order valence-electron chi connectivity index (χ4n) is 2.61. The van der Waals surface area contributed by atoms with Gasteiger partial charge in [0.25, 0.3) is 0 Å². The average molecular weight is 299 g/mol. The summed E-state index contributed by atoms with van der Waals surface area (Å²) in [6.45, 7) is 5.95. The molecule has 0 bridgehead atoms. The molecule has 0 radical (unpaired) electrons. The van der Waals surface area contributed by atoms with Gasteiger partial charge in [-0.25, -0.2) is 4.39 Å². The Kier molecular flexibility index (Phi) is 5.31. The highest BCUT2D eigenvalue weighted by Crippen LogP contribution is 2.29. The van der Waals surface area contributed by atoms with Gasteiger partial charge >= 0.3 is 0 Å². The van der Waals surface area contributed by atoms with E-state index in [2.05, 4.69) is 19.2 Å². The first-order valence-corrected chi connectivity index (χ1v) is 7.65. The number of aryl methyl sites for hydroxylation is 1. The second-order valence-electron chi connectivity index (χ2n) is 5.72. The van der Waals surface area contributed by atoms with E-state index in [0.717, 1.165) is 17.5 Å². The van der Waals surface area contributed by atoms with Crippen LogP contribution in [-0.2, 0) is 4.79 Å². The summed E-state index contributed by atoms with van der Waals surface area (Å²) >= 11 is 0. The van der Waals surface area contributed by atoms with Crippen LogP contribution in [0, 0.1) is 18.7 Å². The number of rotatable bonds is 5. The minimum Gasteiger partial charge on any atom is -0.325 e. The molecule has 116 valence electrons. The van der Waals surface area contributed by atoms with Crippen molar-refractivity contribution < 1.29 is 9.18 Å². The van der Waals surface area contributed by atoms with Gasteiger partial charge in [0.1, 0.15) is 5.82 Å². The van der Waals surface area contributed by atoms with Gasteiger partial charge in [0, 0.05) is 5.69 Å². The van der Waals surface area contributed by atoms with Gasteiger partial charge in [0.2, 0.25) is 5.91 Å². The molecule has 2 nitrogen and oxygen atoms in total. The van der Waals surface area contributed by atoms with Crippen LogP contribution in [-0.4, -0.2) is 5.91 Å². The number of carbonyl (C=O) groups is 1. The number of anilines is 1. The predicted octanol–water partition coefficient (Wildman–Crippen LogP) is 4.90. The number of nitrogens with one attached hydrogen (secondary N) is 1. The molecule has 0 aliphatic rings. The molecule has 0 fully saturated rings. The monoisotopic (exact) mass is 299 g/mol. The normalized spacial score (nSPS) is 13.5. The molecule has 0 saturated carbocycles. The van der Waals surface area contributed by atoms with E-state index in [4.69, 9.17) is 0 Å². The summed E-state index contributed by atoms with van der Waals surface area (Å²) in [6, 6.07) is 14.2. The van der Waals surface area contributed by atoms with Gasteiger partial charge in [0.05, 0.1) is 5.92 Å². The lowest BCUT2D eigenvalue weighted by molar-refractivity contribution is -0.118. The highest BCUT2D eigenvalue weighted by atomic mass is 19.1. The number of hydrogen-bond acceptors (Lipinski definition) is 1. The molecular weight excluding hydrogens is 277 g/mol. The molecular formula is C19H22FNO. The van der Waals surface area contributed by atoms with Gasteiger partial charge in [-0.05, 0) is 42.2 Å². The molecule has 0 spiro atoms. The number of benzene rings is 2. The number of amides is 1. The number of hydrogen-bond donors (Lipinski definition) is 1. The fourth-order valence-corrected chi connectivity index (χ4v) is 2.61. The van der Waals surface area contributed by atoms with Crippen molar-refractivity contribution in [3.63, 3.8) is 0 Å². The summed E-state index contributed by atoms with van der Waals surface area (Å²) in [4.78, 5) is 12.7. The second-order valence-corrected chi connectivity index (χ2v) is 5.72. The summed E-state index contributed by atoms with van der Waals surface area (Å²) in [5.41, 5.74) is 2.40. The molecule has 2 rings (SSSR count). The third-order valence-corrected chi connectivity index (χ3v) is 4.10. The minimum atomic E-state index is -0.294. The van der Waals surface area contributed by atoms with Crippen LogP contribution in [0.2, 0.25) is 0 Å². The minimum absolute atomic E-state index is 0.0461. The lowest BCUT2D eigenvalue weighted by Crippen LogP contribution is -2.26. The smallest absolute Gasteiger partial charge is 0.232 e. The van der Waals surface area contributed by atoms with Crippen molar-refractivity contribution in [1.82, 2.24) is 0 Å². The van der Waals surface area contributed by atoms with Gasteiger partial charge in [-0.15, -0.1) is 0 Å². The number of halogens is 1. The van der Waals surface area contributed by atoms with Crippen LogP contribution in [0.3, 0.4) is 0 Å². The van der Waals surface area contributed by atoms with Crippen LogP contribution < -0.4 is 5.32 Å². The van der Waals surface area contributed by atoms with E-state index in [1.165, 1.54) is 12.1 Å². The zero-order valence-corrected chi connectivity index (χ0v) is 13.3. The van der Waals surface area contributed by atoms with Crippen LogP contribution in [0.25, 0.3) is 0 Å². The zero-order valence-electron chi connectivity index (χ0n) is 13.3. The third kappa shape index (κ3) is 3.73. The summed E-state index contributed by atoms with van der Waals surface area (Å²) in [6.07, 6.45) is 0.912. The molecule has 0 unspecified atom stereocenters. The van der Waals surface area contributed by atoms with E-state index in [1.807, 2.05) is 30.3 Å². The molecule has 0 aliphatic heterocycles. The van der Waals surface area contributed by atoms with E-state index in [9.17, 15) is 9.18 Å². The van der Waals surface area contributed by atoms with E-state index >= 15 is 0 Å². The van der Waals surface area contributed by atoms with Crippen molar-refractivity contribution in [3.8, 4) is 0 Å². The molecule has 2 aromatic carbocycles. The van der Waals surface area contributed by atoms with Crippen molar-refractivity contribution >= 4 is 11.6 Å². The molecule has 3 heteroatoms. The van der Waals surface area contributed by atoms with E-state index in [-0.39, 0.29) is 23.6 Å². The van der Waals surface area contributed by atoms with Crippen molar-refractivity contribution in [2.24, 2.45) is 5.92 Å². The molecule has 2 atom stereocenters. The average Bonchev–Trinajstić information content (AvgIpc) is 2.51. The van der Waals surface area contributed by atoms with E-state index in [0.29, 0.717) is 5.69 Å². The maximum absolute atomic E-state index is 13.2. The van der Waals surface area contributed by atoms with Crippen LogP contribution in [0.5, 0.6) is 0 Å². The Bertz CT molecular complexity index is 639. The van der Waals surface area contributed by atoms with Gasteiger partial charge in [0.15, 0.2) is 0 Å². The van der Waals surface area contributed by atoms with Gasteiger partial charge in [-0.3, -0.25) is 4.79 Å². The van der Waals surface area contributed by atoms with Gasteiger partial charge in [-0.2, -0.15) is 0 Å². The van der Waals surface area contributed by atoms with E-state index in [1.54, 1.807) is 13.0 Å². The third-order valence-electron chi connectivity index (χ3n) is 4.10. The van der Waals surface area contributed by atoms with Crippen molar-refractivity contribution in [1.29, 1.82) is 0 Å². The first-order valence-electron chi connectivity index (χ1n) is 7.65. The molecule has 0 aliphatic carbocycles. The summed E-state index contributed by atoms with van der Waals surface area (Å²) < 4.78 is 13.2. The Morgan fingerprint density at radius 3 is 2.45 bits per heavy atom. The fraction of sp³-hybridized carbons (Fsp3) is 0.316. The van der Waals surface area contributed by atoms with Crippen molar-refractivity contribution in [2.75, 3.05) is 5.32 Å². The highest BCUT2D eigenvalue weighted by molar-refractivity contribution is 5.96. The Morgan fingerprint density at radius 1 is 1.18 bits per heavy atom. The maximum Gasteiger partial charge on any atom is 0.232 e. The Hall–Kier alpha value is -2.16. The molecule has 22 heavy (non-hydrogen) atoms. The Balaban J connectivity index is 2.26. The largest absolute Gasteiger partial charge is 0.325 e. The second kappa shape index (κ2) is 7.21. The lowest BCUT2D eigenvalue weighted by Gasteiger charge is -2.23. The summed E-state index contributed by atoms with van der Waals surface area (Å²) in [5, 5.41) is 2.95. The summed E-state index contributed by atoms with van der Waals surface area (Å²) in [7, 11) is 0. The van der Waals surface area contributed by atoms with Crippen LogP contribution >= 0.6 is 0 Å². The van der Waals surface area contributed by atoms with Crippen molar-refractivity contribution in [3.05, 3.63) is 65.5 Å². The maximum atomic E-state index is 13.2. The van der Waals surface area contributed by atoms with Gasteiger partial charge < -0.3 is 5.32 Å². The van der Waals surface area contributed by atoms with E-state index < -0.39 is 0 Å². The Morgan fingerprint density at radius 2 is 1.86 bits per heavy atom. The molecule has 1 N–H and O–H groups in total. The SMILES string of the molecule is CC[C@@H](C)[C@@H](C(=O)Nc1ccc(F)cc1C)c1ccccc1. The molecule has 0 saturated heterocycles. The van der Waals surface area contributed by atoms with Crippen LogP contribution in [0.15, 0.2) is 48.5 Å². The lowest BCUT2D eigenvalue weighted by atomic mass is 9.85. The zero-order chi connectivity index (χ0) is 16.1. The first kappa shape index (κ1) is 16.2. The molecule has 2 aromatic rings. The Labute approximate surface area is 131 Å². The first-order chi connectivity index (χ1) is 10.5. The molecule has 0 heterocycles. The van der Waals surface area contributed by atoms with Crippen LogP contribution in [0.4, 0.5) is 10.1 Å². The number of carbonyl (C=O) groups excluding carboxylic acids is 1. The molecule has 1 amide bonds. The standard InChI is InChI=1S/C19H22FNO/c1-4-13(2)18(15-8-6-5-7-9-15)19(22)21-17-11-10-16(20)12-14(17)3/h5-13,18H,4H2,1-3H3,(H,21,22)/t13-,18-/m1/s1. The highest BCUT2D eigenvalue weighted by Gasteiger charge is 2.26. The van der Waals surface area contributed by atoms with Gasteiger partial charge in [-0.1, -0.05) is 50.6 Å². The molecule has 0 aromatic heterocycles. The van der Waals surface area contributed by atoms with Crippen molar-refractivity contribution in [2.45, 2.75) is 33.1 Å². The quantitative estimate of drug-likeness (QED) is 0.835. The topological polar surface area (TPSA) is 29.1 Å².